The Bertz CT molecular complexity index is 616. The van der Waals surface area contributed by atoms with Crippen molar-refractivity contribution in [2.45, 2.75) is 11.3 Å². The first-order valence-electron chi connectivity index (χ1n) is 4.82. The summed E-state index contributed by atoms with van der Waals surface area (Å²) < 4.78 is 25.5. The van der Waals surface area contributed by atoms with Gasteiger partial charge >= 0.3 is 0 Å². The zero-order valence-electron chi connectivity index (χ0n) is 8.73. The molecule has 0 fully saturated rings. The number of benzene rings is 1. The fourth-order valence-corrected chi connectivity index (χ4v) is 2.55. The van der Waals surface area contributed by atoms with Crippen molar-refractivity contribution in [1.29, 1.82) is 5.26 Å². The van der Waals surface area contributed by atoms with Crippen LogP contribution in [0.15, 0.2) is 23.1 Å². The molecule has 7 heteroatoms. The summed E-state index contributed by atoms with van der Waals surface area (Å²) in [6, 6.07) is 6.07. The number of nitrogens with one attached hydrogen (secondary N) is 2. The Morgan fingerprint density at radius 1 is 1.47 bits per heavy atom. The number of amides is 1. The molecular formula is C10H9N3O3S. The minimum atomic E-state index is -3.67. The molecule has 2 N–H and O–H groups in total. The minimum Gasteiger partial charge on any atom is -0.326 e. The molecule has 1 aromatic rings. The van der Waals surface area contributed by atoms with Crippen LogP contribution in [0, 0.1) is 11.3 Å². The third-order valence-corrected chi connectivity index (χ3v) is 3.75. The maximum atomic E-state index is 11.7. The average molecular weight is 251 g/mol. The predicted octanol–water partition coefficient (Wildman–Crippen LogP) is -0.0169. The van der Waals surface area contributed by atoms with E-state index in [1.165, 1.54) is 12.1 Å². The normalized spacial score (nSPS) is 13.9. The van der Waals surface area contributed by atoms with E-state index in [-0.39, 0.29) is 23.8 Å². The van der Waals surface area contributed by atoms with Gasteiger partial charge in [-0.1, -0.05) is 0 Å². The zero-order chi connectivity index (χ0) is 12.5. The number of sulfonamides is 1. The summed E-state index contributed by atoms with van der Waals surface area (Å²) in [6.45, 7) is -0.281. The molecule has 2 rings (SSSR count). The number of hydrogen-bond donors (Lipinski definition) is 2. The number of hydrogen-bond acceptors (Lipinski definition) is 4. The van der Waals surface area contributed by atoms with Crippen molar-refractivity contribution in [2.75, 3.05) is 11.9 Å². The summed E-state index contributed by atoms with van der Waals surface area (Å²) in [5.74, 6) is -0.153. The Morgan fingerprint density at radius 2 is 2.24 bits per heavy atom. The lowest BCUT2D eigenvalue weighted by molar-refractivity contribution is -0.115. The van der Waals surface area contributed by atoms with Gasteiger partial charge in [0.2, 0.25) is 15.9 Å². The molecule has 1 heterocycles. The molecule has 0 atom stereocenters. The van der Waals surface area contributed by atoms with Crippen LogP contribution in [0.3, 0.4) is 0 Å². The van der Waals surface area contributed by atoms with Crippen LogP contribution >= 0.6 is 0 Å². The van der Waals surface area contributed by atoms with Gasteiger partial charge < -0.3 is 5.32 Å². The first-order valence-corrected chi connectivity index (χ1v) is 6.30. The highest BCUT2D eigenvalue weighted by molar-refractivity contribution is 7.89. The van der Waals surface area contributed by atoms with Crippen molar-refractivity contribution in [1.82, 2.24) is 4.72 Å². The summed E-state index contributed by atoms with van der Waals surface area (Å²) in [6.07, 6.45) is 0.178. The smallest absolute Gasteiger partial charge is 0.241 e. The lowest BCUT2D eigenvalue weighted by Crippen LogP contribution is -2.23. The van der Waals surface area contributed by atoms with Crippen molar-refractivity contribution in [3.8, 4) is 6.07 Å². The van der Waals surface area contributed by atoms with Crippen LogP contribution in [0.1, 0.15) is 5.56 Å². The molecule has 0 saturated heterocycles. The first-order chi connectivity index (χ1) is 8.03. The largest absolute Gasteiger partial charge is 0.326 e. The second-order valence-electron chi connectivity index (χ2n) is 3.53. The van der Waals surface area contributed by atoms with Gasteiger partial charge in [0.15, 0.2) is 0 Å². The van der Waals surface area contributed by atoms with Gasteiger partial charge in [0, 0.05) is 5.69 Å². The van der Waals surface area contributed by atoms with Crippen LogP contribution in [-0.4, -0.2) is 20.9 Å². The van der Waals surface area contributed by atoms with E-state index in [4.69, 9.17) is 5.26 Å². The molecule has 0 aliphatic carbocycles. The van der Waals surface area contributed by atoms with Crippen molar-refractivity contribution in [2.24, 2.45) is 0 Å². The molecule has 0 radical (unpaired) electrons. The van der Waals surface area contributed by atoms with Crippen molar-refractivity contribution in [3.05, 3.63) is 23.8 Å². The van der Waals surface area contributed by atoms with Crippen LogP contribution in [0.25, 0.3) is 0 Å². The molecule has 88 valence electrons. The average Bonchev–Trinajstić information content (AvgIpc) is 2.65. The number of carbonyl (C=O) groups is 1. The second-order valence-corrected chi connectivity index (χ2v) is 5.29. The Morgan fingerprint density at radius 3 is 2.94 bits per heavy atom. The number of fused-ring (bicyclic) bond motifs is 1. The molecule has 0 saturated carbocycles. The van der Waals surface area contributed by atoms with Gasteiger partial charge in [-0.2, -0.15) is 9.98 Å². The highest BCUT2D eigenvalue weighted by Gasteiger charge is 2.21. The van der Waals surface area contributed by atoms with Gasteiger partial charge in [0.1, 0.15) is 0 Å². The van der Waals surface area contributed by atoms with E-state index in [0.717, 1.165) is 0 Å². The topological polar surface area (TPSA) is 99.1 Å². The Labute approximate surface area is 98.3 Å². The SMILES string of the molecule is N#CCNS(=O)(=O)c1ccc2c(c1)CC(=O)N2. The lowest BCUT2D eigenvalue weighted by atomic mass is 10.2. The summed E-state index contributed by atoms with van der Waals surface area (Å²) in [5.41, 5.74) is 1.28. The zero-order valence-corrected chi connectivity index (χ0v) is 9.54. The van der Waals surface area contributed by atoms with Crippen LogP contribution in [0.5, 0.6) is 0 Å². The van der Waals surface area contributed by atoms with Crippen molar-refractivity contribution in [3.63, 3.8) is 0 Å². The Hall–Kier alpha value is -1.91. The van der Waals surface area contributed by atoms with Crippen LogP contribution in [0.2, 0.25) is 0 Å². The number of carbonyl (C=O) groups excluding carboxylic acids is 1. The van der Waals surface area contributed by atoms with Crippen molar-refractivity contribution < 1.29 is 13.2 Å². The molecular weight excluding hydrogens is 242 g/mol. The molecule has 0 spiro atoms. The highest BCUT2D eigenvalue weighted by atomic mass is 32.2. The Balaban J connectivity index is 2.34. The molecule has 0 unspecified atom stereocenters. The second kappa shape index (κ2) is 4.16. The van der Waals surface area contributed by atoms with Gasteiger partial charge in [0.05, 0.1) is 23.9 Å². The van der Waals surface area contributed by atoms with Crippen molar-refractivity contribution >= 4 is 21.6 Å². The third kappa shape index (κ3) is 2.27. The molecule has 1 amide bonds. The van der Waals surface area contributed by atoms with E-state index in [2.05, 4.69) is 10.0 Å². The molecule has 0 aromatic heterocycles. The summed E-state index contributed by atoms with van der Waals surface area (Å²) in [7, 11) is -3.67. The van der Waals surface area contributed by atoms with E-state index >= 15 is 0 Å². The molecule has 6 nitrogen and oxygen atoms in total. The number of rotatable bonds is 3. The quantitative estimate of drug-likeness (QED) is 0.737. The summed E-state index contributed by atoms with van der Waals surface area (Å²) in [5, 5.41) is 10.9. The van der Waals surface area contributed by atoms with E-state index in [1.54, 1.807) is 12.1 Å². The van der Waals surface area contributed by atoms with Gasteiger partial charge in [0.25, 0.3) is 0 Å². The third-order valence-electron chi connectivity index (χ3n) is 2.35. The van der Waals surface area contributed by atoms with E-state index in [1.807, 2.05) is 0 Å². The number of nitriles is 1. The maximum absolute atomic E-state index is 11.7. The van der Waals surface area contributed by atoms with E-state index < -0.39 is 10.0 Å². The lowest BCUT2D eigenvalue weighted by Gasteiger charge is -2.05. The van der Waals surface area contributed by atoms with Gasteiger partial charge in [-0.25, -0.2) is 8.42 Å². The minimum absolute atomic E-state index is 0.0583. The maximum Gasteiger partial charge on any atom is 0.241 e. The van der Waals surface area contributed by atoms with Gasteiger partial charge in [-0.15, -0.1) is 0 Å². The highest BCUT2D eigenvalue weighted by Crippen LogP contribution is 2.25. The molecule has 0 bridgehead atoms. The molecule has 1 aromatic carbocycles. The monoisotopic (exact) mass is 251 g/mol. The predicted molar refractivity (Wildman–Crippen MR) is 59.6 cm³/mol. The number of nitrogens with zero attached hydrogens (tertiary/aromatic N) is 1. The van der Waals surface area contributed by atoms with Crippen LogP contribution in [-0.2, 0) is 21.2 Å². The van der Waals surface area contributed by atoms with Gasteiger partial charge in [-0.3, -0.25) is 4.79 Å². The molecule has 1 aliphatic heterocycles. The Kier molecular flexibility index (Phi) is 2.83. The standard InChI is InChI=1S/C10H9N3O3S/c11-3-4-12-17(15,16)8-1-2-9-7(5-8)6-10(14)13-9/h1-2,5,12H,4,6H2,(H,13,14). The van der Waals surface area contributed by atoms with E-state index in [9.17, 15) is 13.2 Å². The fraction of sp³-hybridized carbons (Fsp3) is 0.200. The molecule has 1 aliphatic rings. The van der Waals surface area contributed by atoms with Crippen LogP contribution in [0.4, 0.5) is 5.69 Å². The first kappa shape index (κ1) is 11.6. The number of anilines is 1. The summed E-state index contributed by atoms with van der Waals surface area (Å²) in [4.78, 5) is 11.2. The van der Waals surface area contributed by atoms with Crippen LogP contribution < -0.4 is 10.0 Å². The molecule has 17 heavy (non-hydrogen) atoms. The van der Waals surface area contributed by atoms with E-state index in [0.29, 0.717) is 11.3 Å². The summed E-state index contributed by atoms with van der Waals surface area (Å²) >= 11 is 0. The van der Waals surface area contributed by atoms with Gasteiger partial charge in [-0.05, 0) is 23.8 Å². The fourth-order valence-electron chi connectivity index (χ4n) is 1.58.